The Hall–Kier alpha value is -2.07. The number of hydrogen-bond donors (Lipinski definition) is 2. The number of anilines is 2. The van der Waals surface area contributed by atoms with Crippen LogP contribution in [0.1, 0.15) is 20.3 Å². The van der Waals surface area contributed by atoms with E-state index in [-0.39, 0.29) is 5.91 Å². The monoisotopic (exact) mass is 423 g/mol. The van der Waals surface area contributed by atoms with E-state index in [9.17, 15) is 4.79 Å². The first kappa shape index (κ1) is 17.7. The fourth-order valence-corrected chi connectivity index (χ4v) is 3.63. The van der Waals surface area contributed by atoms with Crippen LogP contribution in [0.3, 0.4) is 0 Å². The van der Waals surface area contributed by atoms with E-state index in [2.05, 4.69) is 60.5 Å². The fraction of sp³-hybridized carbons (Fsp3) is 0.400. The van der Waals surface area contributed by atoms with Crippen molar-refractivity contribution in [3.63, 3.8) is 0 Å². The molecule has 132 valence electrons. The standard InChI is InChI=1S/C15H18BrN7OS/c1-8(2)6-9(14(24)21-15-17-4-5-25-15)20-12-10-11(16)22-23(3)13(10)19-7-18-12/h4-5,7-9H,6H2,1-3H3,(H,17,21,24)(H,18,19,20)/t9-/m0/s1. The Morgan fingerprint density at radius 3 is 2.84 bits per heavy atom. The van der Waals surface area contributed by atoms with Crippen molar-refractivity contribution in [1.82, 2.24) is 24.7 Å². The zero-order chi connectivity index (χ0) is 18.0. The Morgan fingerprint density at radius 1 is 1.36 bits per heavy atom. The van der Waals surface area contributed by atoms with Crippen LogP contribution in [0.5, 0.6) is 0 Å². The minimum absolute atomic E-state index is 0.143. The first-order chi connectivity index (χ1) is 12.0. The van der Waals surface area contributed by atoms with Gasteiger partial charge in [0.1, 0.15) is 22.8 Å². The summed E-state index contributed by atoms with van der Waals surface area (Å²) in [5, 5.41) is 13.6. The van der Waals surface area contributed by atoms with Crippen molar-refractivity contribution in [2.24, 2.45) is 13.0 Å². The summed E-state index contributed by atoms with van der Waals surface area (Å²) in [6, 6.07) is -0.450. The van der Waals surface area contributed by atoms with Gasteiger partial charge in [0.25, 0.3) is 0 Å². The first-order valence-corrected chi connectivity index (χ1v) is 9.43. The lowest BCUT2D eigenvalue weighted by Gasteiger charge is -2.20. The molecule has 0 saturated carbocycles. The summed E-state index contributed by atoms with van der Waals surface area (Å²) in [4.78, 5) is 25.4. The third kappa shape index (κ3) is 3.96. The third-order valence-electron chi connectivity index (χ3n) is 3.57. The van der Waals surface area contributed by atoms with Crippen LogP contribution in [0.2, 0.25) is 0 Å². The fourth-order valence-electron chi connectivity index (χ4n) is 2.50. The van der Waals surface area contributed by atoms with E-state index >= 15 is 0 Å². The average molecular weight is 424 g/mol. The van der Waals surface area contributed by atoms with Crippen molar-refractivity contribution in [3.05, 3.63) is 22.5 Å². The highest BCUT2D eigenvalue weighted by atomic mass is 79.9. The zero-order valence-electron chi connectivity index (χ0n) is 14.0. The number of nitrogens with zero attached hydrogens (tertiary/aromatic N) is 5. The minimum atomic E-state index is -0.450. The number of nitrogens with one attached hydrogen (secondary N) is 2. The SMILES string of the molecule is CC(C)C[C@H](Nc1ncnc2c1c(Br)nn2C)C(=O)Nc1nccs1. The highest BCUT2D eigenvalue weighted by molar-refractivity contribution is 9.10. The predicted octanol–water partition coefficient (Wildman–Crippen LogP) is 3.05. The summed E-state index contributed by atoms with van der Waals surface area (Å²) in [6.07, 6.45) is 3.77. The number of carbonyl (C=O) groups excluding carboxylic acids is 1. The summed E-state index contributed by atoms with van der Waals surface area (Å²) < 4.78 is 2.30. The van der Waals surface area contributed by atoms with Crippen LogP contribution < -0.4 is 10.6 Å². The van der Waals surface area contributed by atoms with Crippen molar-refractivity contribution in [1.29, 1.82) is 0 Å². The second-order valence-corrected chi connectivity index (χ2v) is 7.63. The summed E-state index contributed by atoms with van der Waals surface area (Å²) in [7, 11) is 1.81. The van der Waals surface area contributed by atoms with Crippen LogP contribution in [0.15, 0.2) is 22.5 Å². The van der Waals surface area contributed by atoms with Crippen LogP contribution in [0.4, 0.5) is 10.9 Å². The molecule has 0 aromatic carbocycles. The first-order valence-electron chi connectivity index (χ1n) is 7.75. The Bertz CT molecular complexity index is 878. The second kappa shape index (κ2) is 7.44. The van der Waals surface area contributed by atoms with E-state index < -0.39 is 6.04 Å². The Balaban J connectivity index is 1.89. The molecule has 0 aliphatic rings. The smallest absolute Gasteiger partial charge is 0.248 e. The molecule has 0 unspecified atom stereocenters. The molecule has 0 aliphatic carbocycles. The molecule has 3 aromatic heterocycles. The molecule has 1 amide bonds. The molecule has 0 saturated heterocycles. The van der Waals surface area contributed by atoms with Gasteiger partial charge in [-0.1, -0.05) is 13.8 Å². The number of amides is 1. The van der Waals surface area contributed by atoms with E-state index in [1.807, 2.05) is 12.4 Å². The molecule has 3 aromatic rings. The van der Waals surface area contributed by atoms with Gasteiger partial charge < -0.3 is 10.6 Å². The van der Waals surface area contributed by atoms with Gasteiger partial charge in [0.2, 0.25) is 5.91 Å². The average Bonchev–Trinajstić information content (AvgIpc) is 3.15. The lowest BCUT2D eigenvalue weighted by molar-refractivity contribution is -0.117. The Labute approximate surface area is 157 Å². The highest BCUT2D eigenvalue weighted by Crippen LogP contribution is 2.28. The molecule has 0 spiro atoms. The zero-order valence-corrected chi connectivity index (χ0v) is 16.4. The van der Waals surface area contributed by atoms with Crippen LogP contribution in [-0.4, -0.2) is 36.7 Å². The summed E-state index contributed by atoms with van der Waals surface area (Å²) in [5.74, 6) is 0.759. The second-order valence-electron chi connectivity index (χ2n) is 5.99. The molecule has 0 aliphatic heterocycles. The van der Waals surface area contributed by atoms with E-state index in [1.165, 1.54) is 17.7 Å². The lowest BCUT2D eigenvalue weighted by atomic mass is 10.0. The highest BCUT2D eigenvalue weighted by Gasteiger charge is 2.23. The quantitative estimate of drug-likeness (QED) is 0.631. The minimum Gasteiger partial charge on any atom is -0.358 e. The lowest BCUT2D eigenvalue weighted by Crippen LogP contribution is -2.36. The summed E-state index contributed by atoms with van der Waals surface area (Å²) >= 11 is 4.82. The van der Waals surface area contributed by atoms with Gasteiger partial charge in [-0.2, -0.15) is 5.10 Å². The van der Waals surface area contributed by atoms with Gasteiger partial charge in [-0.3, -0.25) is 4.79 Å². The maximum Gasteiger partial charge on any atom is 0.248 e. The normalized spacial score (nSPS) is 12.5. The van der Waals surface area contributed by atoms with Gasteiger partial charge in [-0.15, -0.1) is 11.3 Å². The van der Waals surface area contributed by atoms with Gasteiger partial charge in [0.15, 0.2) is 10.8 Å². The molecule has 1 atom stereocenters. The molecule has 3 rings (SSSR count). The topological polar surface area (TPSA) is 97.6 Å². The van der Waals surface area contributed by atoms with Gasteiger partial charge in [-0.05, 0) is 28.3 Å². The van der Waals surface area contributed by atoms with Crippen LogP contribution in [-0.2, 0) is 11.8 Å². The van der Waals surface area contributed by atoms with Crippen LogP contribution in [0, 0.1) is 5.92 Å². The molecular formula is C15H18BrN7OS. The van der Waals surface area contributed by atoms with Crippen molar-refractivity contribution < 1.29 is 4.79 Å². The van der Waals surface area contributed by atoms with Crippen molar-refractivity contribution in [2.75, 3.05) is 10.6 Å². The maximum absolute atomic E-state index is 12.7. The molecule has 0 bridgehead atoms. The molecule has 0 radical (unpaired) electrons. The molecule has 10 heteroatoms. The van der Waals surface area contributed by atoms with Gasteiger partial charge >= 0.3 is 0 Å². The van der Waals surface area contributed by atoms with Gasteiger partial charge in [0, 0.05) is 18.6 Å². The molecule has 25 heavy (non-hydrogen) atoms. The number of fused-ring (bicyclic) bond motifs is 1. The van der Waals surface area contributed by atoms with Crippen molar-refractivity contribution in [2.45, 2.75) is 26.3 Å². The largest absolute Gasteiger partial charge is 0.358 e. The van der Waals surface area contributed by atoms with E-state index in [4.69, 9.17) is 0 Å². The predicted molar refractivity (Wildman–Crippen MR) is 102 cm³/mol. The molecule has 8 nitrogen and oxygen atoms in total. The number of aryl methyl sites for hydroxylation is 1. The molecule has 2 N–H and O–H groups in total. The number of hydrogen-bond acceptors (Lipinski definition) is 7. The van der Waals surface area contributed by atoms with Crippen LogP contribution >= 0.6 is 27.3 Å². The van der Waals surface area contributed by atoms with E-state index in [0.717, 1.165) is 5.39 Å². The number of rotatable bonds is 6. The van der Waals surface area contributed by atoms with Crippen molar-refractivity contribution >= 4 is 55.2 Å². The molecular weight excluding hydrogens is 406 g/mol. The number of aromatic nitrogens is 5. The molecule has 0 fully saturated rings. The Morgan fingerprint density at radius 2 is 2.16 bits per heavy atom. The summed E-state index contributed by atoms with van der Waals surface area (Å²) in [5.41, 5.74) is 0.688. The molecule has 3 heterocycles. The third-order valence-corrected chi connectivity index (χ3v) is 4.82. The van der Waals surface area contributed by atoms with E-state index in [0.29, 0.717) is 33.5 Å². The number of carbonyl (C=O) groups is 1. The number of halogens is 1. The summed E-state index contributed by atoms with van der Waals surface area (Å²) in [6.45, 7) is 4.14. The Kier molecular flexibility index (Phi) is 5.28. The number of thiazole rings is 1. The van der Waals surface area contributed by atoms with Crippen LogP contribution in [0.25, 0.3) is 11.0 Å². The van der Waals surface area contributed by atoms with Crippen molar-refractivity contribution in [3.8, 4) is 0 Å². The maximum atomic E-state index is 12.7. The van der Waals surface area contributed by atoms with Gasteiger partial charge in [0.05, 0.1) is 5.39 Å². The van der Waals surface area contributed by atoms with Gasteiger partial charge in [-0.25, -0.2) is 19.6 Å². The van der Waals surface area contributed by atoms with E-state index in [1.54, 1.807) is 10.9 Å².